The van der Waals surface area contributed by atoms with Crippen LogP contribution in [0.25, 0.3) is 16.8 Å². The lowest BCUT2D eigenvalue weighted by Crippen LogP contribution is -2.03. The van der Waals surface area contributed by atoms with Crippen molar-refractivity contribution in [2.24, 2.45) is 0 Å². The third-order valence-corrected chi connectivity index (χ3v) is 3.25. The molecule has 0 radical (unpaired) electrons. The summed E-state index contributed by atoms with van der Waals surface area (Å²) >= 11 is 0. The van der Waals surface area contributed by atoms with E-state index >= 15 is 0 Å². The molecule has 0 amide bonds. The van der Waals surface area contributed by atoms with Gasteiger partial charge < -0.3 is 4.90 Å². The largest absolute Gasteiger partial charge is 0.383 e. The zero-order valence-corrected chi connectivity index (χ0v) is 12.5. The quantitative estimate of drug-likeness (QED) is 0.548. The Morgan fingerprint density at radius 3 is 2.64 bits per heavy atom. The highest BCUT2D eigenvalue weighted by molar-refractivity contribution is 6.09. The van der Waals surface area contributed by atoms with Crippen LogP contribution in [0.1, 0.15) is 10.4 Å². The molecule has 0 atom stereocenters. The number of allylic oxidation sites excluding steroid dienone is 1. The molecule has 5 nitrogen and oxygen atoms in total. The maximum atomic E-state index is 12.2. The molecule has 0 aliphatic heterocycles. The first-order valence-corrected chi connectivity index (χ1v) is 6.94. The molecule has 0 unspecified atom stereocenters. The molecule has 0 spiro atoms. The van der Waals surface area contributed by atoms with Gasteiger partial charge in [-0.15, -0.1) is 5.10 Å². The summed E-state index contributed by atoms with van der Waals surface area (Å²) in [5.74, 6) is -0.0852. The van der Waals surface area contributed by atoms with Crippen molar-refractivity contribution >= 4 is 11.3 Å². The van der Waals surface area contributed by atoms with E-state index in [1.807, 2.05) is 61.5 Å². The monoisotopic (exact) mass is 292 g/mol. The number of carbonyl (C=O) groups excluding carboxylic acids is 1. The van der Waals surface area contributed by atoms with Gasteiger partial charge in [-0.1, -0.05) is 30.3 Å². The third-order valence-electron chi connectivity index (χ3n) is 3.25. The van der Waals surface area contributed by atoms with Crippen LogP contribution in [0, 0.1) is 0 Å². The highest BCUT2D eigenvalue weighted by Gasteiger charge is 2.11. The summed E-state index contributed by atoms with van der Waals surface area (Å²) in [5.41, 5.74) is 3.08. The maximum absolute atomic E-state index is 12.2. The van der Waals surface area contributed by atoms with Gasteiger partial charge in [-0.25, -0.2) is 0 Å². The Morgan fingerprint density at radius 2 is 1.91 bits per heavy atom. The fraction of sp³-hybridized carbons (Fsp3) is 0.118. The molecule has 110 valence electrons. The molecule has 3 rings (SSSR count). The summed E-state index contributed by atoms with van der Waals surface area (Å²) in [6, 6.07) is 13.6. The number of fused-ring (bicyclic) bond motifs is 1. The molecule has 5 heteroatoms. The summed E-state index contributed by atoms with van der Waals surface area (Å²) in [7, 11) is 3.74. The molecule has 1 aromatic carbocycles. The minimum absolute atomic E-state index is 0.0852. The number of aromatic nitrogens is 3. The van der Waals surface area contributed by atoms with Crippen LogP contribution >= 0.6 is 0 Å². The van der Waals surface area contributed by atoms with E-state index in [9.17, 15) is 4.79 Å². The topological polar surface area (TPSA) is 50.5 Å². The van der Waals surface area contributed by atoms with Gasteiger partial charge in [-0.05, 0) is 12.1 Å². The predicted molar refractivity (Wildman–Crippen MR) is 85.6 cm³/mol. The van der Waals surface area contributed by atoms with E-state index in [4.69, 9.17) is 0 Å². The molecule has 2 aromatic heterocycles. The van der Waals surface area contributed by atoms with Crippen molar-refractivity contribution in [2.75, 3.05) is 14.1 Å². The van der Waals surface area contributed by atoms with Crippen LogP contribution in [-0.2, 0) is 0 Å². The van der Waals surface area contributed by atoms with Gasteiger partial charge in [-0.3, -0.25) is 4.79 Å². The summed E-state index contributed by atoms with van der Waals surface area (Å²) < 4.78 is 1.50. The van der Waals surface area contributed by atoms with Gasteiger partial charge in [-0.2, -0.15) is 9.73 Å². The summed E-state index contributed by atoms with van der Waals surface area (Å²) in [6.45, 7) is 0. The van der Waals surface area contributed by atoms with E-state index in [0.717, 1.165) is 11.3 Å². The number of benzene rings is 1. The van der Waals surface area contributed by atoms with Crippen molar-refractivity contribution in [3.05, 3.63) is 66.5 Å². The van der Waals surface area contributed by atoms with Gasteiger partial charge in [0.15, 0.2) is 5.78 Å². The van der Waals surface area contributed by atoms with Crippen LogP contribution in [0.3, 0.4) is 0 Å². The summed E-state index contributed by atoms with van der Waals surface area (Å²) in [5, 5.41) is 8.65. The van der Waals surface area contributed by atoms with E-state index < -0.39 is 0 Å². The molecule has 0 bridgehead atoms. The average Bonchev–Trinajstić information content (AvgIpc) is 2.96. The van der Waals surface area contributed by atoms with E-state index in [1.165, 1.54) is 10.7 Å². The number of ketones is 1. The number of rotatable bonds is 4. The second-order valence-electron chi connectivity index (χ2n) is 5.16. The van der Waals surface area contributed by atoms with E-state index in [0.29, 0.717) is 11.1 Å². The zero-order chi connectivity index (χ0) is 15.5. The van der Waals surface area contributed by atoms with Crippen LogP contribution in [0.15, 0.2) is 60.9 Å². The second kappa shape index (κ2) is 5.81. The van der Waals surface area contributed by atoms with Crippen molar-refractivity contribution in [2.45, 2.75) is 0 Å². The number of nitrogens with zero attached hydrogens (tertiary/aromatic N) is 4. The molecule has 22 heavy (non-hydrogen) atoms. The van der Waals surface area contributed by atoms with Gasteiger partial charge >= 0.3 is 0 Å². The van der Waals surface area contributed by atoms with Gasteiger partial charge in [0.25, 0.3) is 0 Å². The second-order valence-corrected chi connectivity index (χ2v) is 5.16. The Bertz CT molecular complexity index is 834. The molecule has 0 fully saturated rings. The molecule has 2 heterocycles. The highest BCUT2D eigenvalue weighted by Crippen LogP contribution is 2.18. The first kappa shape index (κ1) is 14.0. The lowest BCUT2D eigenvalue weighted by molar-refractivity contribution is 0.104. The SMILES string of the molecule is CN(C)/C=C/C(=O)c1cnn2nc(-c3ccccc3)ccc12. The Morgan fingerprint density at radius 1 is 1.14 bits per heavy atom. The Labute approximate surface area is 128 Å². The first-order valence-electron chi connectivity index (χ1n) is 6.94. The molecule has 3 aromatic rings. The number of hydrogen-bond acceptors (Lipinski definition) is 4. The smallest absolute Gasteiger partial charge is 0.191 e. The van der Waals surface area contributed by atoms with Gasteiger partial charge in [0.05, 0.1) is 23.0 Å². The molecule has 0 aliphatic carbocycles. The third kappa shape index (κ3) is 2.74. The molecular weight excluding hydrogens is 276 g/mol. The summed E-state index contributed by atoms with van der Waals surface area (Å²) in [6.07, 6.45) is 4.80. The molecular formula is C17H16N4O. The fourth-order valence-corrected chi connectivity index (χ4v) is 2.14. The van der Waals surface area contributed by atoms with Gasteiger partial charge in [0, 0.05) is 31.9 Å². The van der Waals surface area contributed by atoms with Crippen LogP contribution in [0.2, 0.25) is 0 Å². The lowest BCUT2D eigenvalue weighted by Gasteiger charge is -2.03. The Balaban J connectivity index is 1.98. The molecule has 0 aliphatic rings. The van der Waals surface area contributed by atoms with Crippen LogP contribution in [0.5, 0.6) is 0 Å². The van der Waals surface area contributed by atoms with Crippen molar-refractivity contribution in [1.82, 2.24) is 19.7 Å². The number of carbonyl (C=O) groups is 1. The van der Waals surface area contributed by atoms with E-state index in [-0.39, 0.29) is 5.78 Å². The molecule has 0 saturated carbocycles. The highest BCUT2D eigenvalue weighted by atomic mass is 16.1. The van der Waals surface area contributed by atoms with Gasteiger partial charge in [0.2, 0.25) is 0 Å². The fourth-order valence-electron chi connectivity index (χ4n) is 2.14. The van der Waals surface area contributed by atoms with E-state index in [2.05, 4.69) is 10.2 Å². The zero-order valence-electron chi connectivity index (χ0n) is 12.5. The number of hydrogen-bond donors (Lipinski definition) is 0. The minimum Gasteiger partial charge on any atom is -0.383 e. The predicted octanol–water partition coefficient (Wildman–Crippen LogP) is 2.65. The van der Waals surface area contributed by atoms with E-state index in [1.54, 1.807) is 12.4 Å². The van der Waals surface area contributed by atoms with Gasteiger partial charge in [0.1, 0.15) is 0 Å². The Hall–Kier alpha value is -2.95. The van der Waals surface area contributed by atoms with Crippen molar-refractivity contribution < 1.29 is 4.79 Å². The summed E-state index contributed by atoms with van der Waals surface area (Å²) in [4.78, 5) is 14.0. The van der Waals surface area contributed by atoms with Crippen LogP contribution in [-0.4, -0.2) is 39.6 Å². The standard InChI is InChI=1S/C17H16N4O/c1-20(2)11-10-17(22)14-12-18-21-16(14)9-8-15(19-21)13-6-4-3-5-7-13/h3-12H,1-2H3/b11-10+. The minimum atomic E-state index is -0.0852. The molecule has 0 N–H and O–H groups in total. The van der Waals surface area contributed by atoms with Crippen molar-refractivity contribution in [3.8, 4) is 11.3 Å². The first-order chi connectivity index (χ1) is 10.6. The normalized spacial score (nSPS) is 11.2. The lowest BCUT2D eigenvalue weighted by atomic mass is 10.1. The average molecular weight is 292 g/mol. The molecule has 0 saturated heterocycles. The maximum Gasteiger partial charge on any atom is 0.191 e. The van der Waals surface area contributed by atoms with Crippen molar-refractivity contribution in [1.29, 1.82) is 0 Å². The van der Waals surface area contributed by atoms with Crippen LogP contribution in [0.4, 0.5) is 0 Å². The van der Waals surface area contributed by atoms with Crippen molar-refractivity contribution in [3.63, 3.8) is 0 Å². The Kier molecular flexibility index (Phi) is 3.70. The van der Waals surface area contributed by atoms with Crippen LogP contribution < -0.4 is 0 Å².